The van der Waals surface area contributed by atoms with Gasteiger partial charge in [0.25, 0.3) is 0 Å². The first-order valence-electron chi connectivity index (χ1n) is 8.85. The van der Waals surface area contributed by atoms with Crippen LogP contribution in [0.25, 0.3) is 0 Å². The van der Waals surface area contributed by atoms with Crippen molar-refractivity contribution in [3.8, 4) is 0 Å². The molecular weight excluding hydrogens is 246 g/mol. The van der Waals surface area contributed by atoms with Gasteiger partial charge >= 0.3 is 0 Å². The highest BCUT2D eigenvalue weighted by atomic mass is 16.5. The molecule has 3 atom stereocenters. The average Bonchev–Trinajstić information content (AvgIpc) is 2.33. The highest BCUT2D eigenvalue weighted by Crippen LogP contribution is 2.66. The lowest BCUT2D eigenvalue weighted by atomic mass is 9.43. The van der Waals surface area contributed by atoms with Crippen molar-refractivity contribution in [1.82, 2.24) is 5.32 Å². The molecule has 114 valence electrons. The first kappa shape index (κ1) is 13.6. The third-order valence-electron chi connectivity index (χ3n) is 6.60. The molecule has 0 aromatic carbocycles. The lowest BCUT2D eigenvalue weighted by Crippen LogP contribution is -2.65. The summed E-state index contributed by atoms with van der Waals surface area (Å²) in [5, 5.41) is 4.02. The fourth-order valence-electron chi connectivity index (χ4n) is 6.94. The molecule has 5 rings (SSSR count). The largest absolute Gasteiger partial charge is 0.377 e. The topological polar surface area (TPSA) is 21.3 Å². The Bertz CT molecular complexity index is 369. The highest BCUT2D eigenvalue weighted by Gasteiger charge is 2.59. The summed E-state index contributed by atoms with van der Waals surface area (Å²) in [4.78, 5) is 0. The van der Waals surface area contributed by atoms with Crippen molar-refractivity contribution in [2.24, 2.45) is 16.7 Å². The maximum absolute atomic E-state index is 5.93. The molecular formula is C18H31NO. The fraction of sp³-hybridized carbons (Fsp3) is 1.00. The SMILES string of the molecule is CC12CC3CC(C)(C1)CC(NCC1CCCCO1)(C3)C2. The zero-order valence-corrected chi connectivity index (χ0v) is 13.3. The van der Waals surface area contributed by atoms with E-state index in [0.29, 0.717) is 22.5 Å². The Morgan fingerprint density at radius 3 is 2.35 bits per heavy atom. The zero-order valence-electron chi connectivity index (χ0n) is 13.3. The van der Waals surface area contributed by atoms with Gasteiger partial charge in [-0.3, -0.25) is 0 Å². The smallest absolute Gasteiger partial charge is 0.0699 e. The van der Waals surface area contributed by atoms with Crippen LogP contribution in [-0.2, 0) is 4.74 Å². The minimum Gasteiger partial charge on any atom is -0.377 e. The number of hydrogen-bond acceptors (Lipinski definition) is 2. The van der Waals surface area contributed by atoms with Crippen molar-refractivity contribution < 1.29 is 4.74 Å². The van der Waals surface area contributed by atoms with Crippen molar-refractivity contribution in [2.45, 2.75) is 83.3 Å². The monoisotopic (exact) mass is 277 g/mol. The first-order chi connectivity index (χ1) is 9.49. The van der Waals surface area contributed by atoms with E-state index in [2.05, 4.69) is 19.2 Å². The third-order valence-corrected chi connectivity index (χ3v) is 6.60. The fourth-order valence-corrected chi connectivity index (χ4v) is 6.94. The van der Waals surface area contributed by atoms with E-state index in [4.69, 9.17) is 4.74 Å². The summed E-state index contributed by atoms with van der Waals surface area (Å²) < 4.78 is 5.93. The van der Waals surface area contributed by atoms with Gasteiger partial charge in [-0.1, -0.05) is 13.8 Å². The molecule has 0 aromatic rings. The molecule has 2 nitrogen and oxygen atoms in total. The van der Waals surface area contributed by atoms with Crippen LogP contribution < -0.4 is 5.32 Å². The van der Waals surface area contributed by atoms with Gasteiger partial charge in [-0.15, -0.1) is 0 Å². The van der Waals surface area contributed by atoms with E-state index >= 15 is 0 Å². The quantitative estimate of drug-likeness (QED) is 0.845. The molecule has 1 heterocycles. The lowest BCUT2D eigenvalue weighted by Gasteiger charge is -2.65. The van der Waals surface area contributed by atoms with Crippen LogP contribution in [0.5, 0.6) is 0 Å². The van der Waals surface area contributed by atoms with E-state index in [-0.39, 0.29) is 0 Å². The molecule has 1 aliphatic heterocycles. The molecule has 0 radical (unpaired) electrons. The molecule has 4 saturated carbocycles. The van der Waals surface area contributed by atoms with Crippen molar-refractivity contribution in [3.63, 3.8) is 0 Å². The van der Waals surface area contributed by atoms with Crippen LogP contribution >= 0.6 is 0 Å². The molecule has 1 N–H and O–H groups in total. The standard InChI is InChI=1S/C18H31NO/c1-16-7-14-8-17(2,11-16)13-18(9-14,12-16)19-10-15-5-3-4-6-20-15/h14-15,19H,3-13H2,1-2H3. The Balaban J connectivity index is 1.46. The van der Waals surface area contributed by atoms with E-state index in [1.165, 1.54) is 57.8 Å². The zero-order chi connectivity index (χ0) is 13.8. The molecule has 4 bridgehead atoms. The molecule has 0 aromatic heterocycles. The summed E-state index contributed by atoms with van der Waals surface area (Å²) in [5.41, 5.74) is 1.69. The Labute approximate surface area is 124 Å². The van der Waals surface area contributed by atoms with Gasteiger partial charge in [-0.2, -0.15) is 0 Å². The lowest BCUT2D eigenvalue weighted by molar-refractivity contribution is -0.121. The Morgan fingerprint density at radius 2 is 1.75 bits per heavy atom. The molecule has 0 amide bonds. The van der Waals surface area contributed by atoms with E-state index in [9.17, 15) is 0 Å². The predicted octanol–water partition coefficient (Wildman–Crippen LogP) is 3.89. The van der Waals surface area contributed by atoms with Gasteiger partial charge < -0.3 is 10.1 Å². The van der Waals surface area contributed by atoms with Crippen LogP contribution in [0.4, 0.5) is 0 Å². The Hall–Kier alpha value is -0.0800. The first-order valence-corrected chi connectivity index (χ1v) is 8.85. The predicted molar refractivity (Wildman–Crippen MR) is 81.7 cm³/mol. The van der Waals surface area contributed by atoms with Gasteiger partial charge in [-0.25, -0.2) is 0 Å². The van der Waals surface area contributed by atoms with Crippen molar-refractivity contribution in [3.05, 3.63) is 0 Å². The highest BCUT2D eigenvalue weighted by molar-refractivity contribution is 5.14. The van der Waals surface area contributed by atoms with E-state index in [1.807, 2.05) is 0 Å². The van der Waals surface area contributed by atoms with Crippen molar-refractivity contribution in [2.75, 3.05) is 13.2 Å². The normalized spacial score (nSPS) is 54.3. The summed E-state index contributed by atoms with van der Waals surface area (Å²) in [6.45, 7) is 7.20. The van der Waals surface area contributed by atoms with Gasteiger partial charge in [0, 0.05) is 18.7 Å². The second-order valence-corrected chi connectivity index (χ2v) is 9.28. The van der Waals surface area contributed by atoms with Gasteiger partial charge in [0.05, 0.1) is 6.10 Å². The minimum atomic E-state index is 0.448. The molecule has 0 spiro atoms. The Kier molecular flexibility index (Phi) is 3.03. The molecule has 1 saturated heterocycles. The van der Waals surface area contributed by atoms with E-state index < -0.39 is 0 Å². The second-order valence-electron chi connectivity index (χ2n) is 9.28. The van der Waals surface area contributed by atoms with Crippen LogP contribution in [0.3, 0.4) is 0 Å². The van der Waals surface area contributed by atoms with E-state index in [1.54, 1.807) is 0 Å². The summed E-state index contributed by atoms with van der Waals surface area (Å²) >= 11 is 0. The van der Waals surface area contributed by atoms with Crippen LogP contribution in [0, 0.1) is 16.7 Å². The van der Waals surface area contributed by atoms with Crippen molar-refractivity contribution >= 4 is 0 Å². The van der Waals surface area contributed by atoms with Gasteiger partial charge in [0.2, 0.25) is 0 Å². The number of ether oxygens (including phenoxy) is 1. The Morgan fingerprint density at radius 1 is 1.00 bits per heavy atom. The van der Waals surface area contributed by atoms with Crippen LogP contribution in [0.1, 0.15) is 71.6 Å². The number of rotatable bonds is 3. The third kappa shape index (κ3) is 2.33. The van der Waals surface area contributed by atoms with Crippen LogP contribution in [-0.4, -0.2) is 24.8 Å². The van der Waals surface area contributed by atoms with Gasteiger partial charge in [-0.05, 0) is 74.5 Å². The summed E-state index contributed by atoms with van der Waals surface area (Å²) in [6, 6.07) is 0. The molecule has 20 heavy (non-hydrogen) atoms. The molecule has 5 aliphatic rings. The van der Waals surface area contributed by atoms with E-state index in [0.717, 1.165) is 19.1 Å². The molecule has 2 heteroatoms. The maximum Gasteiger partial charge on any atom is 0.0699 e. The summed E-state index contributed by atoms with van der Waals surface area (Å²) in [6.07, 6.45) is 13.1. The molecule has 4 aliphatic carbocycles. The average molecular weight is 277 g/mol. The summed E-state index contributed by atoms with van der Waals surface area (Å²) in [7, 11) is 0. The molecule has 5 fully saturated rings. The van der Waals surface area contributed by atoms with Crippen LogP contribution in [0.2, 0.25) is 0 Å². The van der Waals surface area contributed by atoms with Crippen molar-refractivity contribution in [1.29, 1.82) is 0 Å². The van der Waals surface area contributed by atoms with Crippen LogP contribution in [0.15, 0.2) is 0 Å². The maximum atomic E-state index is 5.93. The number of hydrogen-bond donors (Lipinski definition) is 1. The minimum absolute atomic E-state index is 0.448. The van der Waals surface area contributed by atoms with Gasteiger partial charge in [0.15, 0.2) is 0 Å². The number of nitrogens with one attached hydrogen (secondary N) is 1. The second kappa shape index (κ2) is 4.46. The van der Waals surface area contributed by atoms with Gasteiger partial charge in [0.1, 0.15) is 0 Å². The summed E-state index contributed by atoms with van der Waals surface area (Å²) in [5.74, 6) is 0.987. The molecule has 3 unspecified atom stereocenters.